The molecule has 1 atom stereocenters. The van der Waals surface area contributed by atoms with E-state index < -0.39 is 18.1 Å². The van der Waals surface area contributed by atoms with E-state index in [1.54, 1.807) is 6.07 Å². The molecule has 5 nitrogen and oxygen atoms in total. The van der Waals surface area contributed by atoms with Crippen molar-refractivity contribution in [1.82, 2.24) is 10.9 Å². The van der Waals surface area contributed by atoms with Crippen LogP contribution in [0.2, 0.25) is 0 Å². The minimum absolute atomic E-state index is 0.0141. The maximum absolute atomic E-state index is 13.1. The number of carbonyl (C=O) groups is 1. The van der Waals surface area contributed by atoms with Gasteiger partial charge in [0.25, 0.3) is 5.91 Å². The van der Waals surface area contributed by atoms with Gasteiger partial charge in [-0.3, -0.25) is 14.7 Å². The first-order valence-corrected chi connectivity index (χ1v) is 6.83. The molecule has 1 heterocycles. The van der Waals surface area contributed by atoms with Gasteiger partial charge in [0.2, 0.25) is 0 Å². The summed E-state index contributed by atoms with van der Waals surface area (Å²) in [4.78, 5) is 12.0. The molecule has 1 radical (unpaired) electrons. The van der Waals surface area contributed by atoms with E-state index in [9.17, 15) is 18.0 Å². The number of hydrazine groups is 1. The lowest BCUT2D eigenvalue weighted by molar-refractivity contribution is -0.527. The molecule has 0 fully saturated rings. The molecular formula is C15H12BF3N4O+. The SMILES string of the molecule is N#C[B][n+]1ccc(C(=O)NNC(c2ccccc2)C(F)(F)F)cc1. The molecule has 0 aliphatic heterocycles. The number of rotatable bonds is 5. The lowest BCUT2D eigenvalue weighted by Gasteiger charge is -2.22. The second-order valence-electron chi connectivity index (χ2n) is 4.78. The molecular weight excluding hydrogens is 320 g/mol. The molecule has 9 heteroatoms. The van der Waals surface area contributed by atoms with Gasteiger partial charge in [0.1, 0.15) is 24.4 Å². The molecule has 2 aromatic rings. The maximum atomic E-state index is 13.1. The highest BCUT2D eigenvalue weighted by Crippen LogP contribution is 2.31. The molecule has 1 aromatic heterocycles. The summed E-state index contributed by atoms with van der Waals surface area (Å²) < 4.78 is 40.8. The van der Waals surface area contributed by atoms with E-state index in [4.69, 9.17) is 5.26 Å². The first-order valence-electron chi connectivity index (χ1n) is 6.83. The monoisotopic (exact) mass is 332 g/mol. The Morgan fingerprint density at radius 1 is 1.17 bits per heavy atom. The van der Waals surface area contributed by atoms with Crippen LogP contribution in [0.25, 0.3) is 0 Å². The molecule has 24 heavy (non-hydrogen) atoms. The first kappa shape index (κ1) is 17.5. The molecule has 2 N–H and O–H groups in total. The van der Waals surface area contributed by atoms with Gasteiger partial charge in [-0.1, -0.05) is 30.3 Å². The lowest BCUT2D eigenvalue weighted by atomic mass is 9.98. The fourth-order valence-electron chi connectivity index (χ4n) is 1.95. The van der Waals surface area contributed by atoms with Crippen molar-refractivity contribution in [3.8, 4) is 5.97 Å². The second kappa shape index (κ2) is 7.61. The summed E-state index contributed by atoms with van der Waals surface area (Å²) in [5.74, 6) is 1.09. The van der Waals surface area contributed by atoms with Gasteiger partial charge in [0, 0.05) is 12.1 Å². The van der Waals surface area contributed by atoms with E-state index >= 15 is 0 Å². The Balaban J connectivity index is 2.06. The topological polar surface area (TPSA) is 68.8 Å². The number of nitriles is 1. The van der Waals surface area contributed by atoms with Crippen LogP contribution in [-0.2, 0) is 0 Å². The van der Waals surface area contributed by atoms with Crippen molar-refractivity contribution in [2.45, 2.75) is 12.2 Å². The number of carbonyl (C=O) groups excluding carboxylic acids is 1. The van der Waals surface area contributed by atoms with Gasteiger partial charge < -0.3 is 0 Å². The number of aromatic nitrogens is 1. The van der Waals surface area contributed by atoms with Crippen LogP contribution in [-0.4, -0.2) is 19.5 Å². The molecule has 1 unspecified atom stereocenters. The second-order valence-corrected chi connectivity index (χ2v) is 4.78. The van der Waals surface area contributed by atoms with E-state index in [2.05, 4.69) is 5.43 Å². The summed E-state index contributed by atoms with van der Waals surface area (Å²) in [6.07, 6.45) is -1.69. The normalized spacial score (nSPS) is 12.1. The molecule has 0 saturated heterocycles. The van der Waals surface area contributed by atoms with Crippen molar-refractivity contribution >= 4 is 13.3 Å². The van der Waals surface area contributed by atoms with E-state index in [0.29, 0.717) is 0 Å². The summed E-state index contributed by atoms with van der Waals surface area (Å²) in [6, 6.07) is 7.96. The summed E-state index contributed by atoms with van der Waals surface area (Å²) in [7, 11) is 1.20. The van der Waals surface area contributed by atoms with E-state index in [1.165, 1.54) is 60.7 Å². The zero-order valence-corrected chi connectivity index (χ0v) is 12.3. The fraction of sp³-hybridized carbons (Fsp3) is 0.133. The Kier molecular flexibility index (Phi) is 5.55. The first-order chi connectivity index (χ1) is 11.4. The summed E-state index contributed by atoms with van der Waals surface area (Å²) in [6.45, 7) is 0. The van der Waals surface area contributed by atoms with Crippen LogP contribution in [0.15, 0.2) is 54.9 Å². The number of pyridine rings is 1. The van der Waals surface area contributed by atoms with Gasteiger partial charge in [0.15, 0.2) is 0 Å². The van der Waals surface area contributed by atoms with Crippen LogP contribution in [0, 0.1) is 11.2 Å². The van der Waals surface area contributed by atoms with Crippen molar-refractivity contribution in [3.63, 3.8) is 0 Å². The number of alkyl halides is 3. The molecule has 0 aliphatic rings. The summed E-state index contributed by atoms with van der Waals surface area (Å²) in [5.41, 5.74) is 4.22. The van der Waals surface area contributed by atoms with Gasteiger partial charge in [-0.05, 0) is 5.56 Å². The number of benzene rings is 1. The molecule has 1 amide bonds. The quantitative estimate of drug-likeness (QED) is 0.643. The molecule has 0 spiro atoms. The standard InChI is InChI=1S/C15H12BF3N4O/c17-15(18,19)13(11-4-2-1-3-5-11)21-22-14(24)12-6-8-23(9-7-12)16-10-20/h1-9,13,21H,(H,22,24)/q+1. The average Bonchev–Trinajstić information content (AvgIpc) is 2.55. The van der Waals surface area contributed by atoms with Gasteiger partial charge in [-0.15, -0.1) is 0 Å². The van der Waals surface area contributed by atoms with Crippen molar-refractivity contribution in [3.05, 3.63) is 66.0 Å². The van der Waals surface area contributed by atoms with Crippen molar-refractivity contribution < 1.29 is 22.4 Å². The number of amides is 1. The highest BCUT2D eigenvalue weighted by molar-refractivity contribution is 6.35. The van der Waals surface area contributed by atoms with Crippen LogP contribution in [0.4, 0.5) is 13.2 Å². The fourth-order valence-corrected chi connectivity index (χ4v) is 1.95. The number of hydrogen-bond acceptors (Lipinski definition) is 3. The van der Waals surface area contributed by atoms with E-state index in [-0.39, 0.29) is 11.1 Å². The Bertz CT molecular complexity index is 729. The molecule has 0 saturated carbocycles. The Morgan fingerprint density at radius 3 is 2.33 bits per heavy atom. The van der Waals surface area contributed by atoms with E-state index in [0.717, 1.165) is 0 Å². The molecule has 2 rings (SSSR count). The van der Waals surface area contributed by atoms with Gasteiger partial charge in [0.05, 0.1) is 5.56 Å². The van der Waals surface area contributed by atoms with Crippen molar-refractivity contribution in [1.29, 1.82) is 5.26 Å². The maximum Gasteiger partial charge on any atom is 0.671 e. The molecule has 121 valence electrons. The summed E-state index contributed by atoms with van der Waals surface area (Å²) >= 11 is 0. The van der Waals surface area contributed by atoms with Crippen LogP contribution in [0.5, 0.6) is 0 Å². The predicted octanol–water partition coefficient (Wildman–Crippen LogP) is 1.46. The number of hydrogen-bond donors (Lipinski definition) is 2. The van der Waals surface area contributed by atoms with Gasteiger partial charge in [-0.2, -0.15) is 13.2 Å². The van der Waals surface area contributed by atoms with Crippen LogP contribution < -0.4 is 15.3 Å². The third-order valence-corrected chi connectivity index (χ3v) is 3.11. The number of halogens is 3. The smallest absolute Gasteiger partial charge is 0.287 e. The molecule has 1 aromatic carbocycles. The third kappa shape index (κ3) is 4.57. The lowest BCUT2D eigenvalue weighted by Crippen LogP contribution is -2.46. The third-order valence-electron chi connectivity index (χ3n) is 3.11. The minimum Gasteiger partial charge on any atom is -0.287 e. The number of nitrogens with zero attached hydrogens (tertiary/aromatic N) is 2. The zero-order chi connectivity index (χ0) is 17.6. The minimum atomic E-state index is -4.57. The average molecular weight is 332 g/mol. The van der Waals surface area contributed by atoms with Crippen LogP contribution in [0.1, 0.15) is 22.0 Å². The Labute approximate surface area is 137 Å². The van der Waals surface area contributed by atoms with E-state index in [1.807, 2.05) is 11.4 Å². The number of nitrogens with one attached hydrogen (secondary N) is 2. The molecule has 0 bridgehead atoms. The van der Waals surface area contributed by atoms with Crippen molar-refractivity contribution in [2.75, 3.05) is 0 Å². The highest BCUT2D eigenvalue weighted by Gasteiger charge is 2.41. The van der Waals surface area contributed by atoms with Crippen LogP contribution in [0.3, 0.4) is 0 Å². The predicted molar refractivity (Wildman–Crippen MR) is 79.2 cm³/mol. The van der Waals surface area contributed by atoms with Crippen molar-refractivity contribution in [2.24, 2.45) is 0 Å². The molecule has 0 aliphatic carbocycles. The summed E-state index contributed by atoms with van der Waals surface area (Å²) in [5, 5.41) is 8.51. The Hall–Kier alpha value is -2.86. The van der Waals surface area contributed by atoms with Crippen LogP contribution >= 0.6 is 0 Å². The van der Waals surface area contributed by atoms with Gasteiger partial charge >= 0.3 is 13.6 Å². The Morgan fingerprint density at radius 2 is 1.79 bits per heavy atom. The van der Waals surface area contributed by atoms with Gasteiger partial charge in [-0.25, -0.2) is 10.7 Å². The highest BCUT2D eigenvalue weighted by atomic mass is 19.4. The zero-order valence-electron chi connectivity index (χ0n) is 12.3. The largest absolute Gasteiger partial charge is 0.671 e.